The molecule has 10 nitrogen and oxygen atoms in total. The van der Waals surface area contributed by atoms with E-state index in [9.17, 15) is 22.4 Å². The predicted molar refractivity (Wildman–Crippen MR) is 144 cm³/mol. The van der Waals surface area contributed by atoms with Gasteiger partial charge in [0.15, 0.2) is 10.8 Å². The zero-order valence-corrected chi connectivity index (χ0v) is 22.9. The van der Waals surface area contributed by atoms with E-state index >= 15 is 0 Å². The Kier molecular flexibility index (Phi) is 7.60. The van der Waals surface area contributed by atoms with Gasteiger partial charge in [0, 0.05) is 23.6 Å². The fraction of sp³-hybridized carbons (Fsp3) is 0.333. The van der Waals surface area contributed by atoms with Gasteiger partial charge in [-0.2, -0.15) is 8.42 Å². The van der Waals surface area contributed by atoms with Gasteiger partial charge in [-0.05, 0) is 56.2 Å². The summed E-state index contributed by atoms with van der Waals surface area (Å²) in [6.07, 6.45) is 0.207. The van der Waals surface area contributed by atoms with Crippen molar-refractivity contribution in [2.45, 2.75) is 44.7 Å². The second-order valence-electron chi connectivity index (χ2n) is 10.4. The third-order valence-corrected chi connectivity index (χ3v) is 7.30. The zero-order valence-electron chi connectivity index (χ0n) is 22.1. The third kappa shape index (κ3) is 6.33. The molecule has 2 aromatic heterocycles. The molecule has 0 atom stereocenters. The summed E-state index contributed by atoms with van der Waals surface area (Å²) in [4.78, 5) is 35.8. The van der Waals surface area contributed by atoms with Crippen LogP contribution in [0, 0.1) is 11.7 Å². The standard InChI is InChI=1S/C27H30FN5O5S/c1-16(2)15-38-20-11-17(10-18(28)12-20)22-9-8-21(25(30-22)33-14-19(34)13-27(33,3)4)26(35)32-39(36,37)24-7-5-6-23(29)31-24/h5-12,16H,13-15H2,1-4H3,(H2,29,31)(H,32,35). The first-order chi connectivity index (χ1) is 18.2. The summed E-state index contributed by atoms with van der Waals surface area (Å²) < 4.78 is 47.9. The van der Waals surface area contributed by atoms with Crippen LogP contribution in [0.5, 0.6) is 5.75 Å². The normalized spacial score (nSPS) is 15.0. The third-order valence-electron chi connectivity index (χ3n) is 6.07. The van der Waals surface area contributed by atoms with Gasteiger partial charge in [0.25, 0.3) is 15.9 Å². The number of ether oxygens (including phenoxy) is 1. The Morgan fingerprint density at radius 1 is 1.18 bits per heavy atom. The van der Waals surface area contributed by atoms with Crippen LogP contribution in [0.2, 0.25) is 0 Å². The van der Waals surface area contributed by atoms with Gasteiger partial charge < -0.3 is 15.4 Å². The van der Waals surface area contributed by atoms with E-state index in [1.807, 2.05) is 32.4 Å². The number of nitrogen functional groups attached to an aromatic ring is 1. The molecule has 39 heavy (non-hydrogen) atoms. The van der Waals surface area contributed by atoms with Crippen LogP contribution < -0.4 is 20.1 Å². The van der Waals surface area contributed by atoms with Crippen molar-refractivity contribution in [3.05, 3.63) is 59.9 Å². The lowest BCUT2D eigenvalue weighted by atomic mass is 10.0. The molecule has 1 aliphatic heterocycles. The number of ketones is 1. The van der Waals surface area contributed by atoms with Crippen molar-refractivity contribution in [3.63, 3.8) is 0 Å². The maximum atomic E-state index is 14.5. The van der Waals surface area contributed by atoms with Gasteiger partial charge in [-0.25, -0.2) is 19.1 Å². The van der Waals surface area contributed by atoms with Crippen LogP contribution in [0.3, 0.4) is 0 Å². The lowest BCUT2D eigenvalue weighted by molar-refractivity contribution is -0.116. The molecule has 4 rings (SSSR count). The molecule has 206 valence electrons. The summed E-state index contributed by atoms with van der Waals surface area (Å²) in [5.74, 6) is -0.955. The minimum atomic E-state index is -4.37. The molecule has 3 heterocycles. The highest BCUT2D eigenvalue weighted by Crippen LogP contribution is 2.35. The maximum Gasteiger partial charge on any atom is 0.281 e. The Morgan fingerprint density at radius 2 is 1.92 bits per heavy atom. The van der Waals surface area contributed by atoms with Crippen molar-refractivity contribution in [2.24, 2.45) is 5.92 Å². The molecule has 0 saturated carbocycles. The van der Waals surface area contributed by atoms with E-state index in [0.29, 0.717) is 23.6 Å². The number of carbonyl (C=O) groups excluding carboxylic acids is 2. The SMILES string of the molecule is CC(C)COc1cc(F)cc(-c2ccc(C(=O)NS(=O)(=O)c3cccc(N)n3)c(N3CC(=O)CC3(C)C)n2)c1. The average molecular weight is 556 g/mol. The molecule has 3 aromatic rings. The first-order valence-corrected chi connectivity index (χ1v) is 13.8. The summed E-state index contributed by atoms with van der Waals surface area (Å²) >= 11 is 0. The number of carbonyl (C=O) groups is 2. The van der Waals surface area contributed by atoms with Gasteiger partial charge >= 0.3 is 0 Å². The Labute approximate surface area is 226 Å². The zero-order chi connectivity index (χ0) is 28.5. The van der Waals surface area contributed by atoms with Gasteiger partial charge in [-0.3, -0.25) is 9.59 Å². The number of aromatic nitrogens is 2. The van der Waals surface area contributed by atoms with Crippen LogP contribution in [0.15, 0.2) is 53.6 Å². The number of nitrogens with one attached hydrogen (secondary N) is 1. The minimum Gasteiger partial charge on any atom is -0.493 e. The number of nitrogens with two attached hydrogens (primary N) is 1. The summed E-state index contributed by atoms with van der Waals surface area (Å²) in [6.45, 7) is 7.95. The highest BCUT2D eigenvalue weighted by molar-refractivity contribution is 7.90. The van der Waals surface area contributed by atoms with E-state index in [1.54, 1.807) is 11.0 Å². The predicted octanol–water partition coefficient (Wildman–Crippen LogP) is 3.58. The molecule has 0 spiro atoms. The van der Waals surface area contributed by atoms with Gasteiger partial charge in [-0.1, -0.05) is 19.9 Å². The molecule has 0 radical (unpaired) electrons. The van der Waals surface area contributed by atoms with Crippen LogP contribution in [0.25, 0.3) is 11.3 Å². The van der Waals surface area contributed by atoms with Gasteiger partial charge in [0.1, 0.15) is 23.2 Å². The Balaban J connectivity index is 1.77. The Hall–Kier alpha value is -4.06. The lowest BCUT2D eigenvalue weighted by Gasteiger charge is -2.33. The smallest absolute Gasteiger partial charge is 0.281 e. The van der Waals surface area contributed by atoms with E-state index in [2.05, 4.69) is 9.97 Å². The Morgan fingerprint density at radius 3 is 2.56 bits per heavy atom. The van der Waals surface area contributed by atoms with Crippen molar-refractivity contribution in [3.8, 4) is 17.0 Å². The number of amides is 1. The number of nitrogens with zero attached hydrogens (tertiary/aromatic N) is 3. The number of anilines is 2. The number of benzene rings is 1. The van der Waals surface area contributed by atoms with Crippen LogP contribution in [0.4, 0.5) is 16.0 Å². The quantitative estimate of drug-likeness (QED) is 0.426. The number of pyridine rings is 2. The van der Waals surface area contributed by atoms with Crippen molar-refractivity contribution < 1.29 is 27.1 Å². The number of hydrogen-bond acceptors (Lipinski definition) is 9. The van der Waals surface area contributed by atoms with Crippen LogP contribution in [0.1, 0.15) is 44.5 Å². The van der Waals surface area contributed by atoms with Crippen LogP contribution in [-0.2, 0) is 14.8 Å². The van der Waals surface area contributed by atoms with Gasteiger partial charge in [0.05, 0.1) is 24.4 Å². The summed E-state index contributed by atoms with van der Waals surface area (Å²) in [5, 5.41) is -0.424. The van der Waals surface area contributed by atoms with Gasteiger partial charge in [0.2, 0.25) is 0 Å². The molecular weight excluding hydrogens is 525 g/mol. The monoisotopic (exact) mass is 555 g/mol. The molecular formula is C27H30FN5O5S. The molecule has 1 amide bonds. The summed E-state index contributed by atoms with van der Waals surface area (Å²) in [7, 11) is -4.37. The van der Waals surface area contributed by atoms with Crippen LogP contribution >= 0.6 is 0 Å². The van der Waals surface area contributed by atoms with E-state index in [4.69, 9.17) is 10.5 Å². The number of halogens is 1. The second-order valence-corrected chi connectivity index (χ2v) is 12.0. The number of rotatable bonds is 8. The molecule has 3 N–H and O–H groups in total. The van der Waals surface area contributed by atoms with Crippen molar-refractivity contribution in [1.29, 1.82) is 0 Å². The fourth-order valence-corrected chi connectivity index (χ4v) is 5.19. The molecule has 1 fully saturated rings. The van der Waals surface area contributed by atoms with Crippen molar-refractivity contribution >= 4 is 33.3 Å². The number of Topliss-reactive ketones (excluding diaryl/α,β-unsaturated/α-hetero) is 1. The molecule has 1 aromatic carbocycles. The number of hydrogen-bond donors (Lipinski definition) is 2. The lowest BCUT2D eigenvalue weighted by Crippen LogP contribution is -2.41. The Bertz CT molecular complexity index is 1540. The average Bonchev–Trinajstić information content (AvgIpc) is 3.13. The van der Waals surface area contributed by atoms with Crippen molar-refractivity contribution in [2.75, 3.05) is 23.8 Å². The molecule has 12 heteroatoms. The maximum absolute atomic E-state index is 14.5. The first-order valence-electron chi connectivity index (χ1n) is 12.3. The molecule has 0 aliphatic carbocycles. The van der Waals surface area contributed by atoms with Crippen LogP contribution in [-0.4, -0.2) is 48.8 Å². The van der Waals surface area contributed by atoms with Gasteiger partial charge in [-0.15, -0.1) is 0 Å². The molecule has 1 saturated heterocycles. The van der Waals surface area contributed by atoms with Crippen molar-refractivity contribution in [1.82, 2.24) is 14.7 Å². The topological polar surface area (TPSA) is 145 Å². The molecule has 0 bridgehead atoms. The van der Waals surface area contributed by atoms with E-state index in [-0.39, 0.29) is 41.9 Å². The second kappa shape index (κ2) is 10.6. The number of sulfonamides is 1. The summed E-state index contributed by atoms with van der Waals surface area (Å²) in [5.41, 5.74) is 5.51. The largest absolute Gasteiger partial charge is 0.493 e. The summed E-state index contributed by atoms with van der Waals surface area (Å²) in [6, 6.07) is 11.1. The molecule has 0 unspecified atom stereocenters. The van der Waals surface area contributed by atoms with E-state index < -0.39 is 32.3 Å². The fourth-order valence-electron chi connectivity index (χ4n) is 4.24. The highest BCUT2D eigenvalue weighted by Gasteiger charge is 2.40. The highest BCUT2D eigenvalue weighted by atomic mass is 32.2. The first kappa shape index (κ1) is 28.0. The van der Waals surface area contributed by atoms with E-state index in [1.165, 1.54) is 42.5 Å². The van der Waals surface area contributed by atoms with E-state index in [0.717, 1.165) is 0 Å². The minimum absolute atomic E-state index is 0.0267. The molecule has 1 aliphatic rings.